The standard InChI is InChI=1S/C20H23ClN2O3/c21-14-9-7-13(8-10-14)18(12-5-6-12)22-17(24)11-23-19(25)15-3-1-2-4-16(15)20(23)26/h7-10,12,15-16,18H,1-6,11H2,(H,22,24). The average molecular weight is 375 g/mol. The Labute approximate surface area is 158 Å². The van der Waals surface area contributed by atoms with Gasteiger partial charge in [0.05, 0.1) is 17.9 Å². The first kappa shape index (κ1) is 17.5. The van der Waals surface area contributed by atoms with E-state index in [1.165, 1.54) is 4.90 Å². The molecule has 3 aliphatic rings. The van der Waals surface area contributed by atoms with E-state index in [-0.39, 0.29) is 42.1 Å². The summed E-state index contributed by atoms with van der Waals surface area (Å²) in [6.45, 7) is -0.165. The first-order chi connectivity index (χ1) is 12.5. The van der Waals surface area contributed by atoms with Gasteiger partial charge in [-0.25, -0.2) is 0 Å². The summed E-state index contributed by atoms with van der Waals surface area (Å²) in [5.41, 5.74) is 1.01. The molecule has 3 atom stereocenters. The molecule has 3 amide bonds. The zero-order valence-electron chi connectivity index (χ0n) is 14.6. The van der Waals surface area contributed by atoms with Gasteiger partial charge in [0, 0.05) is 5.02 Å². The molecule has 0 spiro atoms. The largest absolute Gasteiger partial charge is 0.347 e. The summed E-state index contributed by atoms with van der Waals surface area (Å²) in [4.78, 5) is 38.8. The highest BCUT2D eigenvalue weighted by Gasteiger charge is 2.48. The van der Waals surface area contributed by atoms with Crippen LogP contribution in [-0.2, 0) is 14.4 Å². The Morgan fingerprint density at radius 3 is 2.15 bits per heavy atom. The lowest BCUT2D eigenvalue weighted by Gasteiger charge is -2.21. The van der Waals surface area contributed by atoms with Crippen LogP contribution in [0.4, 0.5) is 0 Å². The number of carbonyl (C=O) groups is 3. The van der Waals surface area contributed by atoms with Gasteiger partial charge in [-0.1, -0.05) is 36.6 Å². The fourth-order valence-corrected chi connectivity index (χ4v) is 4.45. The minimum atomic E-state index is -0.266. The monoisotopic (exact) mass is 374 g/mol. The van der Waals surface area contributed by atoms with Crippen LogP contribution in [0.3, 0.4) is 0 Å². The summed E-state index contributed by atoms with van der Waals surface area (Å²) in [5.74, 6) is -0.599. The van der Waals surface area contributed by atoms with Crippen molar-refractivity contribution < 1.29 is 14.4 Å². The number of nitrogens with zero attached hydrogens (tertiary/aromatic N) is 1. The van der Waals surface area contributed by atoms with E-state index in [4.69, 9.17) is 11.6 Å². The number of amides is 3. The number of rotatable bonds is 5. The van der Waals surface area contributed by atoms with Gasteiger partial charge in [0.25, 0.3) is 0 Å². The fourth-order valence-electron chi connectivity index (χ4n) is 4.32. The Bertz CT molecular complexity index is 705. The minimum Gasteiger partial charge on any atom is -0.347 e. The molecule has 3 unspecified atom stereocenters. The molecule has 1 aromatic rings. The van der Waals surface area contributed by atoms with Crippen LogP contribution < -0.4 is 5.32 Å². The predicted molar refractivity (Wildman–Crippen MR) is 97.2 cm³/mol. The summed E-state index contributed by atoms with van der Waals surface area (Å²) < 4.78 is 0. The second kappa shape index (κ2) is 7.03. The maximum atomic E-state index is 12.6. The number of halogens is 1. The van der Waals surface area contributed by atoms with E-state index in [0.717, 1.165) is 44.1 Å². The third kappa shape index (κ3) is 3.37. The second-order valence-corrected chi connectivity index (χ2v) is 8.13. The molecule has 1 saturated heterocycles. The van der Waals surface area contributed by atoms with Crippen LogP contribution in [0.1, 0.15) is 50.1 Å². The van der Waals surface area contributed by atoms with Crippen LogP contribution in [0.5, 0.6) is 0 Å². The highest BCUT2D eigenvalue weighted by molar-refractivity contribution is 6.30. The molecule has 1 heterocycles. The Balaban J connectivity index is 1.43. The van der Waals surface area contributed by atoms with Crippen molar-refractivity contribution in [1.82, 2.24) is 10.2 Å². The van der Waals surface area contributed by atoms with E-state index >= 15 is 0 Å². The van der Waals surface area contributed by atoms with Crippen molar-refractivity contribution in [2.45, 2.75) is 44.6 Å². The van der Waals surface area contributed by atoms with Gasteiger partial charge in [0.1, 0.15) is 6.54 Å². The SMILES string of the molecule is O=C(CN1C(=O)C2CCCCC2C1=O)NC(c1ccc(Cl)cc1)C1CC1. The molecule has 1 aromatic carbocycles. The quantitative estimate of drug-likeness (QED) is 0.805. The number of hydrogen-bond donors (Lipinski definition) is 1. The van der Waals surface area contributed by atoms with Crippen molar-refractivity contribution >= 4 is 29.3 Å². The molecule has 3 fully saturated rings. The van der Waals surface area contributed by atoms with Crippen molar-refractivity contribution in [1.29, 1.82) is 0 Å². The van der Waals surface area contributed by atoms with Crippen LogP contribution >= 0.6 is 11.6 Å². The van der Waals surface area contributed by atoms with E-state index < -0.39 is 0 Å². The van der Waals surface area contributed by atoms with Gasteiger partial charge in [-0.2, -0.15) is 0 Å². The van der Waals surface area contributed by atoms with Crippen molar-refractivity contribution in [3.8, 4) is 0 Å². The van der Waals surface area contributed by atoms with E-state index in [9.17, 15) is 14.4 Å². The summed E-state index contributed by atoms with van der Waals surface area (Å²) in [5, 5.41) is 3.69. The molecular formula is C20H23ClN2O3. The summed E-state index contributed by atoms with van der Waals surface area (Å²) in [6.07, 6.45) is 5.64. The molecule has 6 heteroatoms. The highest BCUT2D eigenvalue weighted by atomic mass is 35.5. The van der Waals surface area contributed by atoms with Crippen molar-refractivity contribution in [3.63, 3.8) is 0 Å². The third-order valence-electron chi connectivity index (χ3n) is 5.87. The number of carbonyl (C=O) groups excluding carboxylic acids is 3. The molecular weight excluding hydrogens is 352 g/mol. The fraction of sp³-hybridized carbons (Fsp3) is 0.550. The molecule has 26 heavy (non-hydrogen) atoms. The average Bonchev–Trinajstić information content (AvgIpc) is 3.46. The number of nitrogens with one attached hydrogen (secondary N) is 1. The Kier molecular flexibility index (Phi) is 4.74. The number of imide groups is 1. The van der Waals surface area contributed by atoms with Gasteiger partial charge in [-0.05, 0) is 49.3 Å². The Morgan fingerprint density at radius 1 is 1.04 bits per heavy atom. The molecule has 0 bridgehead atoms. The molecule has 2 aliphatic carbocycles. The lowest BCUT2D eigenvalue weighted by Crippen LogP contribution is -2.42. The van der Waals surface area contributed by atoms with Crippen molar-refractivity contribution in [3.05, 3.63) is 34.9 Å². The summed E-state index contributed by atoms with van der Waals surface area (Å²) in [6, 6.07) is 7.39. The molecule has 2 saturated carbocycles. The van der Waals surface area contributed by atoms with Gasteiger partial charge in [0.15, 0.2) is 0 Å². The smallest absolute Gasteiger partial charge is 0.240 e. The Morgan fingerprint density at radius 2 is 1.62 bits per heavy atom. The summed E-state index contributed by atoms with van der Waals surface area (Å²) in [7, 11) is 0. The number of hydrogen-bond acceptors (Lipinski definition) is 3. The second-order valence-electron chi connectivity index (χ2n) is 7.69. The maximum absolute atomic E-state index is 12.6. The van der Waals surface area contributed by atoms with Crippen molar-refractivity contribution in [2.75, 3.05) is 6.54 Å². The van der Waals surface area contributed by atoms with Gasteiger partial charge in [0.2, 0.25) is 17.7 Å². The molecule has 0 aromatic heterocycles. The van der Waals surface area contributed by atoms with E-state index in [2.05, 4.69) is 5.32 Å². The minimum absolute atomic E-state index is 0.0881. The number of benzene rings is 1. The topological polar surface area (TPSA) is 66.5 Å². The van der Waals surface area contributed by atoms with Gasteiger partial charge >= 0.3 is 0 Å². The highest BCUT2D eigenvalue weighted by Crippen LogP contribution is 2.41. The van der Waals surface area contributed by atoms with Crippen LogP contribution in [-0.4, -0.2) is 29.2 Å². The molecule has 0 radical (unpaired) electrons. The third-order valence-corrected chi connectivity index (χ3v) is 6.13. The molecule has 1 aliphatic heterocycles. The van der Waals surface area contributed by atoms with Crippen LogP contribution in [0.25, 0.3) is 0 Å². The van der Waals surface area contributed by atoms with E-state index in [1.807, 2.05) is 24.3 Å². The Hall–Kier alpha value is -1.88. The van der Waals surface area contributed by atoms with Gasteiger partial charge in [-0.15, -0.1) is 0 Å². The molecule has 138 valence electrons. The van der Waals surface area contributed by atoms with Crippen LogP contribution in [0.15, 0.2) is 24.3 Å². The van der Waals surface area contributed by atoms with Gasteiger partial charge < -0.3 is 5.32 Å². The first-order valence-corrected chi connectivity index (χ1v) is 9.82. The van der Waals surface area contributed by atoms with Crippen molar-refractivity contribution in [2.24, 2.45) is 17.8 Å². The summed E-state index contributed by atoms with van der Waals surface area (Å²) >= 11 is 5.95. The maximum Gasteiger partial charge on any atom is 0.240 e. The lowest BCUT2D eigenvalue weighted by molar-refractivity contribution is -0.143. The molecule has 5 nitrogen and oxygen atoms in total. The zero-order chi connectivity index (χ0) is 18.3. The van der Waals surface area contributed by atoms with E-state index in [1.54, 1.807) is 0 Å². The lowest BCUT2D eigenvalue weighted by atomic mass is 9.81. The van der Waals surface area contributed by atoms with E-state index in [0.29, 0.717) is 10.9 Å². The normalized spacial score (nSPS) is 26.6. The van der Waals surface area contributed by atoms with Gasteiger partial charge in [-0.3, -0.25) is 19.3 Å². The number of likely N-dealkylation sites (tertiary alicyclic amines) is 1. The van der Waals surface area contributed by atoms with Crippen LogP contribution in [0.2, 0.25) is 5.02 Å². The number of fused-ring (bicyclic) bond motifs is 1. The predicted octanol–water partition coefficient (Wildman–Crippen LogP) is 3.08. The first-order valence-electron chi connectivity index (χ1n) is 9.44. The zero-order valence-corrected chi connectivity index (χ0v) is 15.4. The molecule has 4 rings (SSSR count). The molecule has 1 N–H and O–H groups in total. The van der Waals surface area contributed by atoms with Crippen LogP contribution in [0, 0.1) is 17.8 Å².